The molecule has 0 amide bonds. The zero-order chi connectivity index (χ0) is 13.9. The van der Waals surface area contributed by atoms with Crippen LogP contribution in [0.2, 0.25) is 0 Å². The lowest BCUT2D eigenvalue weighted by Gasteiger charge is -2.11. The molecule has 102 valence electrons. The standard InChI is InChI=1S/C11H15F2NO3S/c1-7(6-15)5-14-18(16,17)11-3-8(2)9(12)4-10(11)13/h3-4,7,14-15H,5-6H2,1-2H3. The number of nitrogens with one attached hydrogen (secondary N) is 1. The van der Waals surface area contributed by atoms with E-state index in [-0.39, 0.29) is 24.6 Å². The Morgan fingerprint density at radius 1 is 1.33 bits per heavy atom. The predicted octanol–water partition coefficient (Wildman–Crippen LogP) is 1.18. The second kappa shape index (κ2) is 5.73. The average Bonchev–Trinajstić information content (AvgIpc) is 2.30. The van der Waals surface area contributed by atoms with E-state index in [1.54, 1.807) is 6.92 Å². The van der Waals surface area contributed by atoms with Crippen molar-refractivity contribution in [3.8, 4) is 0 Å². The minimum Gasteiger partial charge on any atom is -0.396 e. The van der Waals surface area contributed by atoms with E-state index < -0.39 is 26.6 Å². The van der Waals surface area contributed by atoms with Crippen molar-refractivity contribution >= 4 is 10.0 Å². The summed E-state index contributed by atoms with van der Waals surface area (Å²) in [6.45, 7) is 2.78. The van der Waals surface area contributed by atoms with Gasteiger partial charge in [0.25, 0.3) is 0 Å². The number of benzene rings is 1. The smallest absolute Gasteiger partial charge is 0.243 e. The van der Waals surface area contributed by atoms with Gasteiger partial charge in [-0.05, 0) is 24.5 Å². The maximum atomic E-state index is 13.4. The number of rotatable bonds is 5. The normalized spacial score (nSPS) is 13.6. The lowest BCUT2D eigenvalue weighted by molar-refractivity contribution is 0.238. The van der Waals surface area contributed by atoms with Crippen molar-refractivity contribution in [3.63, 3.8) is 0 Å². The highest BCUT2D eigenvalue weighted by Gasteiger charge is 2.21. The van der Waals surface area contributed by atoms with E-state index in [0.29, 0.717) is 6.07 Å². The van der Waals surface area contributed by atoms with Gasteiger partial charge in [-0.15, -0.1) is 0 Å². The fourth-order valence-corrected chi connectivity index (χ4v) is 2.54. The largest absolute Gasteiger partial charge is 0.396 e. The summed E-state index contributed by atoms with van der Waals surface area (Å²) >= 11 is 0. The molecule has 18 heavy (non-hydrogen) atoms. The van der Waals surface area contributed by atoms with Gasteiger partial charge in [-0.1, -0.05) is 6.92 Å². The van der Waals surface area contributed by atoms with Crippen LogP contribution in [0.15, 0.2) is 17.0 Å². The number of aryl methyl sites for hydroxylation is 1. The SMILES string of the molecule is Cc1cc(S(=O)(=O)NCC(C)CO)c(F)cc1F. The molecule has 0 aliphatic carbocycles. The van der Waals surface area contributed by atoms with Gasteiger partial charge in [0.1, 0.15) is 16.5 Å². The Balaban J connectivity index is 3.02. The summed E-state index contributed by atoms with van der Waals surface area (Å²) in [5, 5.41) is 8.78. The topological polar surface area (TPSA) is 66.4 Å². The molecule has 1 atom stereocenters. The van der Waals surface area contributed by atoms with Crippen LogP contribution in [0.1, 0.15) is 12.5 Å². The Kier molecular flexibility index (Phi) is 4.78. The van der Waals surface area contributed by atoms with Crippen LogP contribution in [0.3, 0.4) is 0 Å². The van der Waals surface area contributed by atoms with Gasteiger partial charge >= 0.3 is 0 Å². The van der Waals surface area contributed by atoms with Gasteiger partial charge in [0.15, 0.2) is 0 Å². The number of aliphatic hydroxyl groups excluding tert-OH is 1. The monoisotopic (exact) mass is 279 g/mol. The van der Waals surface area contributed by atoms with E-state index in [0.717, 1.165) is 6.07 Å². The molecule has 0 aliphatic heterocycles. The maximum absolute atomic E-state index is 13.4. The number of sulfonamides is 1. The quantitative estimate of drug-likeness (QED) is 0.850. The molecule has 0 saturated heterocycles. The first-order valence-corrected chi connectivity index (χ1v) is 6.82. The van der Waals surface area contributed by atoms with Crippen LogP contribution in [0.25, 0.3) is 0 Å². The number of hydrogen-bond donors (Lipinski definition) is 2. The summed E-state index contributed by atoms with van der Waals surface area (Å²) in [4.78, 5) is -0.591. The molecule has 4 nitrogen and oxygen atoms in total. The minimum absolute atomic E-state index is 0.0191. The zero-order valence-corrected chi connectivity index (χ0v) is 10.9. The second-order valence-electron chi connectivity index (χ2n) is 4.17. The molecule has 0 aromatic heterocycles. The summed E-state index contributed by atoms with van der Waals surface area (Å²) in [6, 6.07) is 1.48. The molecule has 2 N–H and O–H groups in total. The number of aliphatic hydroxyl groups is 1. The van der Waals surface area contributed by atoms with Crippen molar-refractivity contribution in [1.82, 2.24) is 4.72 Å². The molecular weight excluding hydrogens is 264 g/mol. The van der Waals surface area contributed by atoms with Crippen molar-refractivity contribution in [2.75, 3.05) is 13.2 Å². The van der Waals surface area contributed by atoms with Gasteiger partial charge < -0.3 is 5.11 Å². The summed E-state index contributed by atoms with van der Waals surface area (Å²) in [5.74, 6) is -2.22. The highest BCUT2D eigenvalue weighted by molar-refractivity contribution is 7.89. The van der Waals surface area contributed by atoms with Gasteiger partial charge in [-0.3, -0.25) is 0 Å². The van der Waals surface area contributed by atoms with Crippen LogP contribution < -0.4 is 4.72 Å². The van der Waals surface area contributed by atoms with E-state index in [4.69, 9.17) is 5.11 Å². The molecule has 0 spiro atoms. The minimum atomic E-state index is -4.04. The molecule has 0 saturated carbocycles. The van der Waals surface area contributed by atoms with Crippen LogP contribution in [0.4, 0.5) is 8.78 Å². The van der Waals surface area contributed by atoms with E-state index in [2.05, 4.69) is 4.72 Å². The third-order valence-corrected chi connectivity index (χ3v) is 3.87. The zero-order valence-electron chi connectivity index (χ0n) is 10.1. The van der Waals surface area contributed by atoms with E-state index in [1.807, 2.05) is 0 Å². The fraction of sp³-hybridized carbons (Fsp3) is 0.455. The molecule has 1 aromatic carbocycles. The molecular formula is C11H15F2NO3S. The Hall–Kier alpha value is -1.05. The van der Waals surface area contributed by atoms with Crippen LogP contribution in [0, 0.1) is 24.5 Å². The van der Waals surface area contributed by atoms with Gasteiger partial charge in [-0.25, -0.2) is 21.9 Å². The Morgan fingerprint density at radius 3 is 2.50 bits per heavy atom. The Morgan fingerprint density at radius 2 is 1.94 bits per heavy atom. The molecule has 0 aliphatic rings. The first kappa shape index (κ1) is 15.0. The summed E-state index contributed by atoms with van der Waals surface area (Å²) in [5.41, 5.74) is 0.0481. The van der Waals surface area contributed by atoms with E-state index >= 15 is 0 Å². The second-order valence-corrected chi connectivity index (χ2v) is 5.91. The van der Waals surface area contributed by atoms with Crippen molar-refractivity contribution in [2.24, 2.45) is 5.92 Å². The molecule has 0 heterocycles. The van der Waals surface area contributed by atoms with Gasteiger partial charge in [0.2, 0.25) is 10.0 Å². The Labute approximate surface area is 105 Å². The van der Waals surface area contributed by atoms with Crippen LogP contribution in [-0.2, 0) is 10.0 Å². The van der Waals surface area contributed by atoms with Gasteiger partial charge in [0, 0.05) is 19.2 Å². The first-order chi connectivity index (χ1) is 8.27. The molecule has 1 aromatic rings. The van der Waals surface area contributed by atoms with Gasteiger partial charge in [-0.2, -0.15) is 0 Å². The van der Waals surface area contributed by atoms with Crippen LogP contribution in [0.5, 0.6) is 0 Å². The average molecular weight is 279 g/mol. The predicted molar refractivity (Wildman–Crippen MR) is 62.5 cm³/mol. The van der Waals surface area contributed by atoms with Crippen molar-refractivity contribution < 1.29 is 22.3 Å². The van der Waals surface area contributed by atoms with Gasteiger partial charge in [0.05, 0.1) is 0 Å². The van der Waals surface area contributed by atoms with E-state index in [9.17, 15) is 17.2 Å². The lowest BCUT2D eigenvalue weighted by Crippen LogP contribution is -2.30. The lowest BCUT2D eigenvalue weighted by atomic mass is 10.2. The Bertz CT molecular complexity index is 531. The third-order valence-electron chi connectivity index (χ3n) is 2.44. The van der Waals surface area contributed by atoms with Crippen molar-refractivity contribution in [3.05, 3.63) is 29.3 Å². The van der Waals surface area contributed by atoms with Crippen LogP contribution in [-0.4, -0.2) is 26.7 Å². The number of hydrogen-bond acceptors (Lipinski definition) is 3. The van der Waals surface area contributed by atoms with Crippen molar-refractivity contribution in [2.45, 2.75) is 18.7 Å². The molecule has 1 rings (SSSR count). The molecule has 0 radical (unpaired) electrons. The van der Waals surface area contributed by atoms with Crippen LogP contribution >= 0.6 is 0 Å². The fourth-order valence-electron chi connectivity index (χ4n) is 1.23. The summed E-state index contributed by atoms with van der Waals surface area (Å²) in [7, 11) is -4.04. The highest BCUT2D eigenvalue weighted by atomic mass is 32.2. The molecule has 1 unspecified atom stereocenters. The molecule has 7 heteroatoms. The molecule has 0 bridgehead atoms. The first-order valence-electron chi connectivity index (χ1n) is 5.34. The third kappa shape index (κ3) is 3.47. The van der Waals surface area contributed by atoms with Crippen molar-refractivity contribution in [1.29, 1.82) is 0 Å². The summed E-state index contributed by atoms with van der Waals surface area (Å²) < 4.78 is 52.2. The number of halogens is 2. The summed E-state index contributed by atoms with van der Waals surface area (Å²) in [6.07, 6.45) is 0. The maximum Gasteiger partial charge on any atom is 0.243 e. The molecule has 0 fully saturated rings. The van der Waals surface area contributed by atoms with E-state index in [1.165, 1.54) is 6.92 Å². The highest BCUT2D eigenvalue weighted by Crippen LogP contribution is 2.18.